The molecule has 34 heavy (non-hydrogen) atoms. The van der Waals surface area contributed by atoms with Crippen LogP contribution in [0.5, 0.6) is 11.5 Å². The minimum absolute atomic E-state index is 0.350. The van der Waals surface area contributed by atoms with E-state index in [4.69, 9.17) is 21.1 Å². The van der Waals surface area contributed by atoms with E-state index in [1.807, 2.05) is 42.5 Å². The van der Waals surface area contributed by atoms with Gasteiger partial charge in [0.05, 0.1) is 11.8 Å². The van der Waals surface area contributed by atoms with E-state index < -0.39 is 18.0 Å². The maximum absolute atomic E-state index is 12.4. The van der Waals surface area contributed by atoms with Gasteiger partial charge in [0, 0.05) is 5.02 Å². The summed E-state index contributed by atoms with van der Waals surface area (Å²) in [6, 6.07) is 26.8. The molecule has 4 aromatic rings. The number of benzene rings is 4. The average molecular weight is 473 g/mol. The predicted octanol–water partition coefficient (Wildman–Crippen LogP) is 5.63. The monoisotopic (exact) mass is 472 g/mol. The zero-order valence-corrected chi connectivity index (χ0v) is 19.0. The zero-order valence-electron chi connectivity index (χ0n) is 18.3. The first kappa shape index (κ1) is 23.0. The Hall–Kier alpha value is -4.16. The van der Waals surface area contributed by atoms with Crippen molar-refractivity contribution >= 4 is 40.5 Å². The van der Waals surface area contributed by atoms with E-state index in [0.717, 1.165) is 10.8 Å². The van der Waals surface area contributed by atoms with Gasteiger partial charge in [-0.15, -0.1) is 0 Å². The number of fused-ring (bicyclic) bond motifs is 1. The number of ether oxygens (including phenoxy) is 2. The fourth-order valence-corrected chi connectivity index (χ4v) is 3.30. The van der Waals surface area contributed by atoms with Gasteiger partial charge >= 0.3 is 5.97 Å². The van der Waals surface area contributed by atoms with Gasteiger partial charge in [-0.2, -0.15) is 5.10 Å². The van der Waals surface area contributed by atoms with Crippen LogP contribution in [0.1, 0.15) is 22.8 Å². The summed E-state index contributed by atoms with van der Waals surface area (Å²) in [5.74, 6) is 0.0530. The van der Waals surface area contributed by atoms with Crippen LogP contribution in [0.3, 0.4) is 0 Å². The fourth-order valence-electron chi connectivity index (χ4n) is 3.17. The molecule has 170 valence electrons. The summed E-state index contributed by atoms with van der Waals surface area (Å²) in [5, 5.41) is 6.64. The van der Waals surface area contributed by atoms with E-state index in [-0.39, 0.29) is 0 Å². The molecule has 4 aromatic carbocycles. The number of amides is 1. The third kappa shape index (κ3) is 5.99. The first-order valence-electron chi connectivity index (χ1n) is 10.5. The number of carbonyl (C=O) groups excluding carboxylic acids is 2. The van der Waals surface area contributed by atoms with Crippen LogP contribution in [0.4, 0.5) is 0 Å². The van der Waals surface area contributed by atoms with Crippen molar-refractivity contribution in [1.82, 2.24) is 5.43 Å². The van der Waals surface area contributed by atoms with Crippen molar-refractivity contribution in [3.8, 4) is 11.5 Å². The van der Waals surface area contributed by atoms with Crippen LogP contribution >= 0.6 is 11.6 Å². The number of esters is 1. The molecule has 0 aliphatic heterocycles. The quantitative estimate of drug-likeness (QED) is 0.164. The second kappa shape index (κ2) is 10.6. The highest BCUT2D eigenvalue weighted by atomic mass is 35.5. The summed E-state index contributed by atoms with van der Waals surface area (Å²) in [6.45, 7) is 1.65. The summed E-state index contributed by atoms with van der Waals surface area (Å²) in [4.78, 5) is 24.6. The number of rotatable bonds is 7. The second-order valence-corrected chi connectivity index (χ2v) is 7.91. The van der Waals surface area contributed by atoms with Crippen LogP contribution in [0.2, 0.25) is 5.02 Å². The molecule has 6 nitrogen and oxygen atoms in total. The van der Waals surface area contributed by atoms with Crippen molar-refractivity contribution in [2.24, 2.45) is 5.10 Å². The molecule has 0 aliphatic carbocycles. The molecule has 1 amide bonds. The van der Waals surface area contributed by atoms with Crippen molar-refractivity contribution in [2.45, 2.75) is 13.0 Å². The Morgan fingerprint density at radius 1 is 0.882 bits per heavy atom. The number of hydrogen-bond donors (Lipinski definition) is 1. The molecule has 1 atom stereocenters. The Bertz CT molecular complexity index is 1350. The highest BCUT2D eigenvalue weighted by Gasteiger charge is 2.14. The third-order valence-electron chi connectivity index (χ3n) is 4.94. The van der Waals surface area contributed by atoms with Gasteiger partial charge in [0.1, 0.15) is 11.5 Å². The average Bonchev–Trinajstić information content (AvgIpc) is 2.84. The number of carbonyl (C=O) groups is 2. The number of nitrogens with zero attached hydrogens (tertiary/aromatic N) is 1. The lowest BCUT2D eigenvalue weighted by Gasteiger charge is -2.13. The van der Waals surface area contributed by atoms with Crippen LogP contribution < -0.4 is 14.9 Å². The molecule has 0 unspecified atom stereocenters. The molecule has 0 fully saturated rings. The lowest BCUT2D eigenvalue weighted by atomic mass is 10.1. The normalized spacial score (nSPS) is 11.8. The van der Waals surface area contributed by atoms with Crippen LogP contribution in [0.15, 0.2) is 96.1 Å². The third-order valence-corrected chi connectivity index (χ3v) is 5.19. The van der Waals surface area contributed by atoms with Crippen LogP contribution in [0.25, 0.3) is 10.8 Å². The molecule has 0 saturated heterocycles. The molecule has 0 bridgehead atoms. The van der Waals surface area contributed by atoms with Gasteiger partial charge in [-0.05, 0) is 71.8 Å². The molecule has 0 saturated carbocycles. The molecular formula is C27H21ClN2O4. The Morgan fingerprint density at radius 2 is 1.65 bits per heavy atom. The number of hydrogen-bond acceptors (Lipinski definition) is 5. The van der Waals surface area contributed by atoms with Crippen molar-refractivity contribution in [3.63, 3.8) is 0 Å². The van der Waals surface area contributed by atoms with Gasteiger partial charge in [0.15, 0.2) is 6.10 Å². The molecule has 0 radical (unpaired) electrons. The van der Waals surface area contributed by atoms with Crippen molar-refractivity contribution in [1.29, 1.82) is 0 Å². The van der Waals surface area contributed by atoms with Gasteiger partial charge in [-0.25, -0.2) is 10.2 Å². The highest BCUT2D eigenvalue weighted by molar-refractivity contribution is 6.30. The molecule has 0 heterocycles. The van der Waals surface area contributed by atoms with E-state index in [9.17, 15) is 9.59 Å². The standard InChI is InChI=1S/C27H21ClN2O4/c1-18(33-25-14-11-20-6-2-3-7-22(20)16-25)26(31)30-29-17-19-5-4-8-24(15-19)34-27(32)21-9-12-23(28)13-10-21/h2-18H,1H3,(H,30,31)/b29-17-/t18-/m0/s1. The minimum atomic E-state index is -0.745. The molecule has 7 heteroatoms. The van der Waals surface area contributed by atoms with Gasteiger partial charge in [0.25, 0.3) is 5.91 Å². The fraction of sp³-hybridized carbons (Fsp3) is 0.0741. The Labute approximate surface area is 201 Å². The largest absolute Gasteiger partial charge is 0.481 e. The molecule has 0 spiro atoms. The molecule has 1 N–H and O–H groups in total. The molecular weight excluding hydrogens is 452 g/mol. The van der Waals surface area contributed by atoms with Gasteiger partial charge in [0.2, 0.25) is 0 Å². The van der Waals surface area contributed by atoms with E-state index in [1.165, 1.54) is 6.21 Å². The van der Waals surface area contributed by atoms with Gasteiger partial charge in [-0.3, -0.25) is 4.79 Å². The lowest BCUT2D eigenvalue weighted by molar-refractivity contribution is -0.127. The Kier molecular flexibility index (Phi) is 7.20. The first-order valence-corrected chi connectivity index (χ1v) is 10.9. The van der Waals surface area contributed by atoms with E-state index in [1.54, 1.807) is 55.5 Å². The minimum Gasteiger partial charge on any atom is -0.481 e. The molecule has 0 aliphatic rings. The topological polar surface area (TPSA) is 77.0 Å². The summed E-state index contributed by atoms with van der Waals surface area (Å²) in [7, 11) is 0. The summed E-state index contributed by atoms with van der Waals surface area (Å²) in [6.07, 6.45) is 0.713. The summed E-state index contributed by atoms with van der Waals surface area (Å²) < 4.78 is 11.1. The highest BCUT2D eigenvalue weighted by Crippen LogP contribution is 2.21. The zero-order chi connectivity index (χ0) is 23.9. The van der Waals surface area contributed by atoms with E-state index in [2.05, 4.69) is 10.5 Å². The Morgan fingerprint density at radius 3 is 2.44 bits per heavy atom. The number of nitrogens with one attached hydrogen (secondary N) is 1. The van der Waals surface area contributed by atoms with Crippen molar-refractivity contribution in [3.05, 3.63) is 107 Å². The number of halogens is 1. The molecule has 0 aromatic heterocycles. The van der Waals surface area contributed by atoms with Crippen LogP contribution in [0, 0.1) is 0 Å². The van der Waals surface area contributed by atoms with E-state index in [0.29, 0.717) is 27.6 Å². The van der Waals surface area contributed by atoms with E-state index >= 15 is 0 Å². The maximum atomic E-state index is 12.4. The SMILES string of the molecule is C[C@H](Oc1ccc2ccccc2c1)C(=O)N/N=C\c1cccc(OC(=O)c2ccc(Cl)cc2)c1. The van der Waals surface area contributed by atoms with Crippen molar-refractivity contribution in [2.75, 3.05) is 0 Å². The predicted molar refractivity (Wildman–Crippen MR) is 133 cm³/mol. The molecule has 4 rings (SSSR count). The van der Waals surface area contributed by atoms with Crippen LogP contribution in [-0.4, -0.2) is 24.2 Å². The lowest BCUT2D eigenvalue weighted by Crippen LogP contribution is -2.33. The van der Waals surface area contributed by atoms with Gasteiger partial charge < -0.3 is 9.47 Å². The maximum Gasteiger partial charge on any atom is 0.343 e. The second-order valence-electron chi connectivity index (χ2n) is 7.47. The number of hydrazone groups is 1. The van der Waals surface area contributed by atoms with Crippen molar-refractivity contribution < 1.29 is 19.1 Å². The first-order chi connectivity index (χ1) is 16.5. The Balaban J connectivity index is 1.32. The van der Waals surface area contributed by atoms with Gasteiger partial charge in [-0.1, -0.05) is 54.1 Å². The summed E-state index contributed by atoms with van der Waals surface area (Å²) in [5.41, 5.74) is 3.49. The smallest absolute Gasteiger partial charge is 0.343 e. The van der Waals surface area contributed by atoms with Crippen LogP contribution in [-0.2, 0) is 4.79 Å². The summed E-state index contributed by atoms with van der Waals surface area (Å²) >= 11 is 5.84.